The second-order valence-corrected chi connectivity index (χ2v) is 7.77. The molecule has 0 radical (unpaired) electrons. The highest BCUT2D eigenvalue weighted by molar-refractivity contribution is 6.01. The Labute approximate surface area is 183 Å². The quantitative estimate of drug-likeness (QED) is 0.528. The van der Waals surface area contributed by atoms with Crippen molar-refractivity contribution in [1.29, 1.82) is 0 Å². The van der Waals surface area contributed by atoms with Gasteiger partial charge in [0.2, 0.25) is 0 Å². The van der Waals surface area contributed by atoms with Crippen molar-refractivity contribution in [3.05, 3.63) is 106 Å². The Morgan fingerprint density at radius 1 is 1.03 bits per heavy atom. The minimum Gasteiger partial charge on any atom is -0.390 e. The highest BCUT2D eigenvalue weighted by Gasteiger charge is 2.28. The molecule has 1 heterocycles. The van der Waals surface area contributed by atoms with E-state index < -0.39 is 29.5 Å². The average Bonchev–Trinajstić information content (AvgIpc) is 3.23. The molecule has 1 unspecified atom stereocenters. The van der Waals surface area contributed by atoms with Crippen LogP contribution in [0.4, 0.5) is 13.2 Å². The molecule has 4 rings (SSSR count). The molecule has 4 nitrogen and oxygen atoms in total. The first-order valence-corrected chi connectivity index (χ1v) is 10.2. The molecule has 3 aromatic rings. The van der Waals surface area contributed by atoms with Crippen molar-refractivity contribution in [3.63, 3.8) is 0 Å². The van der Waals surface area contributed by atoms with E-state index in [1.165, 1.54) is 29.2 Å². The van der Waals surface area contributed by atoms with Gasteiger partial charge in [-0.05, 0) is 36.8 Å². The summed E-state index contributed by atoms with van der Waals surface area (Å²) in [5.41, 5.74) is 3.07. The lowest BCUT2D eigenvalue weighted by molar-refractivity contribution is 0.0402. The standard InChI is InChI=1S/C25H21F3N2O2/c1-16-5-7-17(8-6-16)24-13-22(32-29-24)15-30(14-19-9-10-21(27)12-23(19)28)25(31)18-3-2-4-20(26)11-18/h2-12,22H,13-15H2,1H3. The first kappa shape index (κ1) is 21.6. The fourth-order valence-corrected chi connectivity index (χ4v) is 3.57. The summed E-state index contributed by atoms with van der Waals surface area (Å²) in [4.78, 5) is 20.0. The summed E-state index contributed by atoms with van der Waals surface area (Å²) in [7, 11) is 0. The summed E-state index contributed by atoms with van der Waals surface area (Å²) in [5, 5.41) is 4.15. The Balaban J connectivity index is 1.54. The Morgan fingerprint density at radius 2 is 1.78 bits per heavy atom. The SMILES string of the molecule is Cc1ccc(C2=NOC(CN(Cc3ccc(F)cc3F)C(=O)c3cccc(F)c3)C2)cc1. The van der Waals surface area contributed by atoms with Gasteiger partial charge in [0.05, 0.1) is 12.3 Å². The summed E-state index contributed by atoms with van der Waals surface area (Å²) in [6.45, 7) is 1.97. The molecular formula is C25H21F3N2O2. The smallest absolute Gasteiger partial charge is 0.254 e. The van der Waals surface area contributed by atoms with Crippen LogP contribution in [0.3, 0.4) is 0 Å². The molecule has 0 bridgehead atoms. The number of rotatable bonds is 6. The predicted molar refractivity (Wildman–Crippen MR) is 115 cm³/mol. The molecular weight excluding hydrogens is 417 g/mol. The Morgan fingerprint density at radius 3 is 2.50 bits per heavy atom. The third-order valence-electron chi connectivity index (χ3n) is 5.28. The van der Waals surface area contributed by atoms with Gasteiger partial charge in [-0.2, -0.15) is 0 Å². The molecule has 32 heavy (non-hydrogen) atoms. The average molecular weight is 438 g/mol. The van der Waals surface area contributed by atoms with Gasteiger partial charge in [0.25, 0.3) is 5.91 Å². The van der Waals surface area contributed by atoms with E-state index in [0.29, 0.717) is 6.42 Å². The van der Waals surface area contributed by atoms with Crippen LogP contribution in [-0.2, 0) is 11.4 Å². The van der Waals surface area contributed by atoms with Gasteiger partial charge >= 0.3 is 0 Å². The fraction of sp³-hybridized carbons (Fsp3) is 0.200. The van der Waals surface area contributed by atoms with Gasteiger partial charge in [-0.3, -0.25) is 4.79 Å². The minimum atomic E-state index is -0.758. The van der Waals surface area contributed by atoms with Crippen molar-refractivity contribution in [2.24, 2.45) is 5.16 Å². The predicted octanol–water partition coefficient (Wildman–Crippen LogP) is 5.25. The fourth-order valence-electron chi connectivity index (χ4n) is 3.57. The molecule has 0 saturated carbocycles. The lowest BCUT2D eigenvalue weighted by atomic mass is 10.0. The van der Waals surface area contributed by atoms with E-state index >= 15 is 0 Å². The maximum atomic E-state index is 14.3. The molecule has 1 atom stereocenters. The van der Waals surface area contributed by atoms with Gasteiger partial charge in [0.15, 0.2) is 6.10 Å². The Hall–Kier alpha value is -3.61. The van der Waals surface area contributed by atoms with Crippen molar-refractivity contribution in [3.8, 4) is 0 Å². The molecule has 0 N–H and O–H groups in total. The highest BCUT2D eigenvalue weighted by Crippen LogP contribution is 2.21. The van der Waals surface area contributed by atoms with E-state index in [-0.39, 0.29) is 24.2 Å². The van der Waals surface area contributed by atoms with Crippen LogP contribution in [0.15, 0.2) is 71.9 Å². The number of nitrogens with zero attached hydrogens (tertiary/aromatic N) is 2. The van der Waals surface area contributed by atoms with Gasteiger partial charge in [0, 0.05) is 30.2 Å². The number of carbonyl (C=O) groups excluding carboxylic acids is 1. The first-order valence-electron chi connectivity index (χ1n) is 10.2. The van der Waals surface area contributed by atoms with Crippen molar-refractivity contribution in [2.75, 3.05) is 6.54 Å². The number of carbonyl (C=O) groups is 1. The van der Waals surface area contributed by atoms with Crippen molar-refractivity contribution >= 4 is 11.6 Å². The first-order chi connectivity index (χ1) is 15.4. The van der Waals surface area contributed by atoms with Gasteiger partial charge < -0.3 is 9.74 Å². The molecule has 0 aromatic heterocycles. The van der Waals surface area contributed by atoms with Crippen LogP contribution in [0, 0.1) is 24.4 Å². The summed E-state index contributed by atoms with van der Waals surface area (Å²) in [6, 6.07) is 16.3. The second-order valence-electron chi connectivity index (χ2n) is 7.77. The second kappa shape index (κ2) is 9.26. The van der Waals surface area contributed by atoms with Crippen LogP contribution in [0.25, 0.3) is 0 Å². The largest absolute Gasteiger partial charge is 0.390 e. The summed E-state index contributed by atoms with van der Waals surface area (Å²) in [6.07, 6.45) is 0.00866. The zero-order valence-corrected chi connectivity index (χ0v) is 17.4. The number of hydrogen-bond donors (Lipinski definition) is 0. The molecule has 1 amide bonds. The lowest BCUT2D eigenvalue weighted by Crippen LogP contribution is -2.37. The third-order valence-corrected chi connectivity index (χ3v) is 5.28. The van der Waals surface area contributed by atoms with Crippen molar-refractivity contribution < 1.29 is 22.8 Å². The van der Waals surface area contributed by atoms with E-state index in [1.807, 2.05) is 31.2 Å². The maximum Gasteiger partial charge on any atom is 0.254 e. The van der Waals surface area contributed by atoms with Gasteiger partial charge in [-0.15, -0.1) is 0 Å². The normalized spacial score (nSPS) is 15.2. The monoisotopic (exact) mass is 438 g/mol. The van der Waals surface area contributed by atoms with Gasteiger partial charge in [-0.1, -0.05) is 47.1 Å². The Kier molecular flexibility index (Phi) is 6.25. The number of aryl methyl sites for hydroxylation is 1. The van der Waals surface area contributed by atoms with Crippen molar-refractivity contribution in [1.82, 2.24) is 4.90 Å². The molecule has 1 aliphatic rings. The summed E-state index contributed by atoms with van der Waals surface area (Å²) >= 11 is 0. The third kappa shape index (κ3) is 4.99. The van der Waals surface area contributed by atoms with Crippen LogP contribution < -0.4 is 0 Å². The van der Waals surface area contributed by atoms with E-state index in [4.69, 9.17) is 4.84 Å². The zero-order chi connectivity index (χ0) is 22.7. The van der Waals surface area contributed by atoms with E-state index in [9.17, 15) is 18.0 Å². The maximum absolute atomic E-state index is 14.3. The Bertz CT molecular complexity index is 1160. The number of amides is 1. The minimum absolute atomic E-state index is 0.102. The van der Waals surface area contributed by atoms with Crippen LogP contribution in [0.1, 0.15) is 33.5 Å². The molecule has 0 spiro atoms. The van der Waals surface area contributed by atoms with Crippen LogP contribution >= 0.6 is 0 Å². The number of benzene rings is 3. The summed E-state index contributed by atoms with van der Waals surface area (Å²) < 4.78 is 41.3. The lowest BCUT2D eigenvalue weighted by Gasteiger charge is -2.25. The zero-order valence-electron chi connectivity index (χ0n) is 17.4. The van der Waals surface area contributed by atoms with Gasteiger partial charge in [0.1, 0.15) is 17.5 Å². The highest BCUT2D eigenvalue weighted by atomic mass is 19.1. The number of oxime groups is 1. The van der Waals surface area contributed by atoms with Gasteiger partial charge in [-0.25, -0.2) is 13.2 Å². The molecule has 7 heteroatoms. The molecule has 164 valence electrons. The molecule has 0 aliphatic carbocycles. The number of hydrogen-bond acceptors (Lipinski definition) is 3. The van der Waals surface area contributed by atoms with Crippen molar-refractivity contribution in [2.45, 2.75) is 26.0 Å². The van der Waals surface area contributed by atoms with E-state index in [1.54, 1.807) is 0 Å². The molecule has 3 aromatic carbocycles. The van der Waals surface area contributed by atoms with E-state index in [2.05, 4.69) is 5.16 Å². The van der Waals surface area contributed by atoms with Crippen LogP contribution in [-0.4, -0.2) is 29.2 Å². The van der Waals surface area contributed by atoms with E-state index in [0.717, 1.165) is 35.0 Å². The molecule has 0 saturated heterocycles. The topological polar surface area (TPSA) is 41.9 Å². The molecule has 0 fully saturated rings. The van der Waals surface area contributed by atoms with Crippen LogP contribution in [0.5, 0.6) is 0 Å². The number of halogens is 3. The summed E-state index contributed by atoms with van der Waals surface area (Å²) in [5.74, 6) is -2.50. The van der Waals surface area contributed by atoms with Crippen LogP contribution in [0.2, 0.25) is 0 Å². The molecule has 1 aliphatic heterocycles.